The first-order valence-electron chi connectivity index (χ1n) is 9.79. The number of nitrogens with one attached hydrogen (secondary N) is 1. The number of hydrogen-bond acceptors (Lipinski definition) is 6. The molecular formula is C20H18F3N7O. The maximum Gasteiger partial charge on any atom is 0.182 e. The van der Waals surface area contributed by atoms with E-state index in [0.717, 1.165) is 18.6 Å². The molecule has 160 valence electrons. The quantitative estimate of drug-likeness (QED) is 0.506. The molecule has 4 aromatic rings. The van der Waals surface area contributed by atoms with Gasteiger partial charge >= 0.3 is 0 Å². The number of nitrogens with zero attached hydrogens (tertiary/aromatic N) is 6. The van der Waals surface area contributed by atoms with E-state index in [1.807, 2.05) is 4.90 Å². The first-order chi connectivity index (χ1) is 15.0. The average molecular weight is 429 g/mol. The van der Waals surface area contributed by atoms with E-state index in [4.69, 9.17) is 5.11 Å². The molecule has 2 atom stereocenters. The maximum absolute atomic E-state index is 14.4. The van der Waals surface area contributed by atoms with E-state index in [2.05, 4.69) is 25.3 Å². The highest BCUT2D eigenvalue weighted by molar-refractivity contribution is 5.73. The Bertz CT molecular complexity index is 1240. The lowest BCUT2D eigenvalue weighted by atomic mass is 10.0. The van der Waals surface area contributed by atoms with Crippen LogP contribution in [0.25, 0.3) is 17.0 Å². The topological polar surface area (TPSA) is 95.2 Å². The third kappa shape index (κ3) is 3.40. The zero-order valence-corrected chi connectivity index (χ0v) is 16.2. The number of aromatic nitrogens is 6. The molecule has 11 heteroatoms. The number of H-pyrrole nitrogens is 1. The molecule has 1 aliphatic heterocycles. The van der Waals surface area contributed by atoms with Gasteiger partial charge in [-0.2, -0.15) is 5.10 Å². The Morgan fingerprint density at radius 1 is 1.23 bits per heavy atom. The predicted octanol–water partition coefficient (Wildman–Crippen LogP) is 3.14. The van der Waals surface area contributed by atoms with Crippen molar-refractivity contribution in [1.29, 1.82) is 0 Å². The summed E-state index contributed by atoms with van der Waals surface area (Å²) in [5.41, 5.74) is 1.24. The molecule has 4 heterocycles. The van der Waals surface area contributed by atoms with Crippen molar-refractivity contribution in [2.75, 3.05) is 18.1 Å². The molecule has 1 aromatic carbocycles. The van der Waals surface area contributed by atoms with Crippen LogP contribution in [0, 0.1) is 11.6 Å². The summed E-state index contributed by atoms with van der Waals surface area (Å²) in [6.45, 7) is -0.0709. The lowest BCUT2D eigenvalue weighted by molar-refractivity contribution is 0.173. The van der Waals surface area contributed by atoms with Crippen LogP contribution in [0.1, 0.15) is 36.4 Å². The van der Waals surface area contributed by atoms with E-state index in [0.29, 0.717) is 35.6 Å². The first-order valence-corrected chi connectivity index (χ1v) is 9.79. The third-order valence-corrected chi connectivity index (χ3v) is 5.43. The maximum atomic E-state index is 14.4. The molecule has 31 heavy (non-hydrogen) atoms. The lowest BCUT2D eigenvalue weighted by Crippen LogP contribution is -2.24. The minimum Gasteiger partial charge on any atom is -0.393 e. The van der Waals surface area contributed by atoms with Crippen molar-refractivity contribution in [2.24, 2.45) is 0 Å². The van der Waals surface area contributed by atoms with Crippen LogP contribution in [0.3, 0.4) is 0 Å². The van der Waals surface area contributed by atoms with Gasteiger partial charge in [0.1, 0.15) is 17.5 Å². The van der Waals surface area contributed by atoms with Gasteiger partial charge in [0.25, 0.3) is 0 Å². The number of benzene rings is 1. The fourth-order valence-corrected chi connectivity index (χ4v) is 3.94. The SMILES string of the molecule is OCC(F)c1nnc(-c2cnn3ccc(N4CCC[C@@H]4c4cc(F)ccc4F)nc23)[nH]1. The molecule has 0 bridgehead atoms. The summed E-state index contributed by atoms with van der Waals surface area (Å²) in [6.07, 6.45) is 3.05. The molecule has 5 rings (SSSR count). The summed E-state index contributed by atoms with van der Waals surface area (Å²) in [5, 5.41) is 20.9. The molecule has 3 aromatic heterocycles. The van der Waals surface area contributed by atoms with E-state index >= 15 is 0 Å². The number of alkyl halides is 1. The van der Waals surface area contributed by atoms with Crippen molar-refractivity contribution in [3.05, 3.63) is 59.7 Å². The Kier molecular flexibility index (Phi) is 4.81. The molecular weight excluding hydrogens is 411 g/mol. The number of hydrogen-bond donors (Lipinski definition) is 2. The molecule has 1 unspecified atom stereocenters. The number of halogens is 3. The van der Waals surface area contributed by atoms with Crippen LogP contribution < -0.4 is 4.90 Å². The third-order valence-electron chi connectivity index (χ3n) is 5.43. The van der Waals surface area contributed by atoms with Crippen LogP contribution in [0.2, 0.25) is 0 Å². The monoisotopic (exact) mass is 429 g/mol. The van der Waals surface area contributed by atoms with Crippen molar-refractivity contribution < 1.29 is 18.3 Å². The van der Waals surface area contributed by atoms with Gasteiger partial charge in [0.15, 0.2) is 23.5 Å². The number of aromatic amines is 1. The van der Waals surface area contributed by atoms with E-state index < -0.39 is 24.4 Å². The Labute approximate surface area is 174 Å². The van der Waals surface area contributed by atoms with E-state index in [9.17, 15) is 13.2 Å². The van der Waals surface area contributed by atoms with Gasteiger partial charge in [0.2, 0.25) is 0 Å². The number of rotatable bonds is 5. The molecule has 0 spiro atoms. The largest absolute Gasteiger partial charge is 0.393 e. The van der Waals surface area contributed by atoms with Gasteiger partial charge in [-0.3, -0.25) is 0 Å². The Balaban J connectivity index is 1.53. The normalized spacial score (nSPS) is 17.5. The van der Waals surface area contributed by atoms with Crippen molar-refractivity contribution in [3.8, 4) is 11.4 Å². The summed E-state index contributed by atoms with van der Waals surface area (Å²) in [5.74, 6) is -0.184. The van der Waals surface area contributed by atoms with E-state index in [1.165, 1.54) is 16.8 Å². The predicted molar refractivity (Wildman–Crippen MR) is 105 cm³/mol. The zero-order valence-electron chi connectivity index (χ0n) is 16.2. The van der Waals surface area contributed by atoms with E-state index in [-0.39, 0.29) is 17.7 Å². The van der Waals surface area contributed by atoms with Gasteiger partial charge in [-0.1, -0.05) is 0 Å². The van der Waals surface area contributed by atoms with Gasteiger partial charge < -0.3 is 15.0 Å². The molecule has 0 radical (unpaired) electrons. The molecule has 2 N–H and O–H groups in total. The lowest BCUT2D eigenvalue weighted by Gasteiger charge is -2.26. The van der Waals surface area contributed by atoms with Gasteiger partial charge in [-0.25, -0.2) is 22.7 Å². The van der Waals surface area contributed by atoms with Crippen LogP contribution in [-0.2, 0) is 0 Å². The van der Waals surface area contributed by atoms with Gasteiger partial charge in [0.05, 0.1) is 24.4 Å². The minimum absolute atomic E-state index is 0.0887. The van der Waals surface area contributed by atoms with Crippen molar-refractivity contribution >= 4 is 11.5 Å². The average Bonchev–Trinajstić information content (AvgIpc) is 3.53. The standard InChI is InChI=1S/C20H18F3N7O/c21-11-3-4-14(22)12(8-11)16-2-1-6-29(16)17-5-7-30-20(25-17)13(9-24-30)18-26-19(28-27-18)15(23)10-31/h3-5,7-9,15-16,31H,1-2,6,10H2,(H,26,27,28)/t15?,16-/m1/s1. The zero-order chi connectivity index (χ0) is 21.5. The van der Waals surface area contributed by atoms with E-state index in [1.54, 1.807) is 12.3 Å². The summed E-state index contributed by atoms with van der Waals surface area (Å²) < 4.78 is 43.4. The number of fused-ring (bicyclic) bond motifs is 1. The summed E-state index contributed by atoms with van der Waals surface area (Å²) in [7, 11) is 0. The van der Waals surface area contributed by atoms with Gasteiger partial charge in [-0.15, -0.1) is 10.2 Å². The molecule has 0 aliphatic carbocycles. The summed E-state index contributed by atoms with van der Waals surface area (Å²) >= 11 is 0. The highest BCUT2D eigenvalue weighted by Gasteiger charge is 2.30. The van der Waals surface area contributed by atoms with Gasteiger partial charge in [0, 0.05) is 18.3 Å². The molecule has 0 amide bonds. The molecule has 1 aliphatic rings. The smallest absolute Gasteiger partial charge is 0.182 e. The molecule has 0 saturated carbocycles. The van der Waals surface area contributed by atoms with Crippen molar-refractivity contribution in [1.82, 2.24) is 29.8 Å². The van der Waals surface area contributed by atoms with Crippen LogP contribution in [0.5, 0.6) is 0 Å². The second kappa shape index (κ2) is 7.65. The second-order valence-electron chi connectivity index (χ2n) is 7.34. The minimum atomic E-state index is -1.67. The highest BCUT2D eigenvalue weighted by atomic mass is 19.1. The summed E-state index contributed by atoms with van der Waals surface area (Å²) in [4.78, 5) is 9.35. The van der Waals surface area contributed by atoms with Crippen molar-refractivity contribution in [3.63, 3.8) is 0 Å². The fraction of sp³-hybridized carbons (Fsp3) is 0.300. The van der Waals surface area contributed by atoms with Crippen LogP contribution in [0.15, 0.2) is 36.7 Å². The Morgan fingerprint density at radius 3 is 2.94 bits per heavy atom. The number of anilines is 1. The second-order valence-corrected chi connectivity index (χ2v) is 7.34. The van der Waals surface area contributed by atoms with Crippen LogP contribution >= 0.6 is 0 Å². The fourth-order valence-electron chi connectivity index (χ4n) is 3.94. The van der Waals surface area contributed by atoms with Crippen LogP contribution in [0.4, 0.5) is 19.0 Å². The first kappa shape index (κ1) is 19.5. The Morgan fingerprint density at radius 2 is 2.10 bits per heavy atom. The number of aliphatic hydroxyl groups is 1. The molecule has 1 fully saturated rings. The van der Waals surface area contributed by atoms with Gasteiger partial charge in [-0.05, 0) is 37.1 Å². The number of aliphatic hydroxyl groups excluding tert-OH is 1. The summed E-state index contributed by atoms with van der Waals surface area (Å²) in [6, 6.07) is 4.88. The molecule has 1 saturated heterocycles. The Hall–Kier alpha value is -3.47. The molecule has 8 nitrogen and oxygen atoms in total. The van der Waals surface area contributed by atoms with Crippen molar-refractivity contribution in [2.45, 2.75) is 25.1 Å². The van der Waals surface area contributed by atoms with Crippen LogP contribution in [-0.4, -0.2) is 48.0 Å². The highest BCUT2D eigenvalue weighted by Crippen LogP contribution is 2.37.